The zero-order valence-electron chi connectivity index (χ0n) is 21.7. The number of anilines is 1. The minimum absolute atomic E-state index is 0.0800. The molecule has 1 aliphatic heterocycles. The standard InChI is InChI=1S/C29H37N3O5/c1-31(15-8-13-28(34)36-2)27(33)14-16-32-19-22-17-24(18-23(22)20-32)37-29(35)30-26-12-7-6-11-25(26)21-9-4-3-5-10-21/h3-7,9-12,22-24H,8,13-20H2,1-2H3,(H,30,35)/t22-,23+,24-. The Morgan fingerprint density at radius 2 is 1.65 bits per heavy atom. The number of hydrogen-bond acceptors (Lipinski definition) is 6. The van der Waals surface area contributed by atoms with Gasteiger partial charge in [-0.2, -0.15) is 0 Å². The molecule has 0 bridgehead atoms. The maximum Gasteiger partial charge on any atom is 0.411 e. The Balaban J connectivity index is 1.18. The number of para-hydroxylation sites is 1. The summed E-state index contributed by atoms with van der Waals surface area (Å²) in [6.07, 6.45) is 2.62. The number of methoxy groups -OCH3 is 1. The van der Waals surface area contributed by atoms with Gasteiger partial charge in [-0.1, -0.05) is 48.5 Å². The van der Waals surface area contributed by atoms with Crippen molar-refractivity contribution in [2.24, 2.45) is 11.8 Å². The van der Waals surface area contributed by atoms with Gasteiger partial charge in [0.2, 0.25) is 5.91 Å². The number of nitrogens with zero attached hydrogens (tertiary/aromatic N) is 2. The van der Waals surface area contributed by atoms with Crippen molar-refractivity contribution in [1.82, 2.24) is 9.80 Å². The van der Waals surface area contributed by atoms with Gasteiger partial charge in [-0.3, -0.25) is 14.9 Å². The molecule has 37 heavy (non-hydrogen) atoms. The molecule has 0 aromatic heterocycles. The van der Waals surface area contributed by atoms with Crippen molar-refractivity contribution in [2.45, 2.75) is 38.2 Å². The summed E-state index contributed by atoms with van der Waals surface area (Å²) in [5.41, 5.74) is 2.74. The van der Waals surface area contributed by atoms with Crippen LogP contribution in [0.3, 0.4) is 0 Å². The normalized spacial score (nSPS) is 20.8. The maximum atomic E-state index is 12.7. The lowest BCUT2D eigenvalue weighted by Crippen LogP contribution is -2.33. The van der Waals surface area contributed by atoms with Crippen LogP contribution in [0.4, 0.5) is 10.5 Å². The van der Waals surface area contributed by atoms with E-state index in [0.717, 1.165) is 49.3 Å². The number of nitrogens with one attached hydrogen (secondary N) is 1. The van der Waals surface area contributed by atoms with Gasteiger partial charge in [0, 0.05) is 51.6 Å². The smallest absolute Gasteiger partial charge is 0.411 e. The lowest BCUT2D eigenvalue weighted by Gasteiger charge is -2.21. The molecule has 1 saturated carbocycles. The first-order chi connectivity index (χ1) is 17.9. The lowest BCUT2D eigenvalue weighted by molar-refractivity contribution is -0.141. The predicted octanol–water partition coefficient (Wildman–Crippen LogP) is 4.41. The number of rotatable bonds is 10. The van der Waals surface area contributed by atoms with E-state index in [4.69, 9.17) is 4.74 Å². The van der Waals surface area contributed by atoms with Crippen molar-refractivity contribution in [1.29, 1.82) is 0 Å². The zero-order valence-corrected chi connectivity index (χ0v) is 21.7. The van der Waals surface area contributed by atoms with Crippen LogP contribution in [-0.4, -0.2) is 74.2 Å². The Hall–Kier alpha value is -3.39. The van der Waals surface area contributed by atoms with Gasteiger partial charge in [-0.25, -0.2) is 4.79 Å². The van der Waals surface area contributed by atoms with E-state index in [1.165, 1.54) is 7.11 Å². The molecule has 4 rings (SSSR count). The molecule has 1 saturated heterocycles. The Kier molecular flexibility index (Phi) is 9.17. The summed E-state index contributed by atoms with van der Waals surface area (Å²) in [6.45, 7) is 3.15. The van der Waals surface area contributed by atoms with Crippen LogP contribution in [0, 0.1) is 11.8 Å². The van der Waals surface area contributed by atoms with Crippen molar-refractivity contribution in [3.63, 3.8) is 0 Å². The number of amides is 2. The van der Waals surface area contributed by atoms with Gasteiger partial charge < -0.3 is 19.3 Å². The number of benzene rings is 2. The van der Waals surface area contributed by atoms with Gasteiger partial charge in [0.1, 0.15) is 6.10 Å². The maximum absolute atomic E-state index is 12.7. The summed E-state index contributed by atoms with van der Waals surface area (Å²) in [4.78, 5) is 40.4. The largest absolute Gasteiger partial charge is 0.469 e. The van der Waals surface area contributed by atoms with Crippen LogP contribution in [0.5, 0.6) is 0 Å². The van der Waals surface area contributed by atoms with E-state index >= 15 is 0 Å². The van der Waals surface area contributed by atoms with Crippen molar-refractivity contribution < 1.29 is 23.9 Å². The molecule has 2 aromatic rings. The lowest BCUT2D eigenvalue weighted by atomic mass is 10.0. The molecule has 2 aliphatic rings. The molecular weight excluding hydrogens is 470 g/mol. The molecular formula is C29H37N3O5. The first kappa shape index (κ1) is 26.7. The second-order valence-electron chi connectivity index (χ2n) is 10.1. The second-order valence-corrected chi connectivity index (χ2v) is 10.1. The fraction of sp³-hybridized carbons (Fsp3) is 0.483. The topological polar surface area (TPSA) is 88.2 Å². The van der Waals surface area contributed by atoms with Crippen LogP contribution in [-0.2, 0) is 19.1 Å². The van der Waals surface area contributed by atoms with E-state index < -0.39 is 6.09 Å². The zero-order chi connectivity index (χ0) is 26.2. The highest BCUT2D eigenvalue weighted by atomic mass is 16.6. The third kappa shape index (κ3) is 7.32. The van der Waals surface area contributed by atoms with Gasteiger partial charge in [-0.05, 0) is 42.7 Å². The van der Waals surface area contributed by atoms with Gasteiger partial charge in [0.25, 0.3) is 0 Å². The molecule has 2 amide bonds. The quantitative estimate of drug-likeness (QED) is 0.479. The first-order valence-corrected chi connectivity index (χ1v) is 13.1. The number of carbonyl (C=O) groups is 3. The van der Waals surface area contributed by atoms with Crippen LogP contribution in [0.25, 0.3) is 11.1 Å². The van der Waals surface area contributed by atoms with E-state index in [0.29, 0.717) is 37.6 Å². The molecule has 1 heterocycles. The number of esters is 1. The van der Waals surface area contributed by atoms with Crippen molar-refractivity contribution in [2.75, 3.05) is 45.7 Å². The van der Waals surface area contributed by atoms with Crippen LogP contribution < -0.4 is 5.32 Å². The molecule has 0 spiro atoms. The average molecular weight is 508 g/mol. The first-order valence-electron chi connectivity index (χ1n) is 13.1. The third-order valence-electron chi connectivity index (χ3n) is 7.48. The summed E-state index contributed by atoms with van der Waals surface area (Å²) in [5.74, 6) is 0.821. The Bertz CT molecular complexity index is 1060. The van der Waals surface area contributed by atoms with Crippen LogP contribution >= 0.6 is 0 Å². The van der Waals surface area contributed by atoms with E-state index in [2.05, 4.69) is 15.0 Å². The highest BCUT2D eigenvalue weighted by Gasteiger charge is 2.42. The SMILES string of the molecule is COC(=O)CCCN(C)C(=O)CCN1C[C@H]2C[C@@H](OC(=O)Nc3ccccc3-c3ccccc3)C[C@H]2C1. The van der Waals surface area contributed by atoms with E-state index in [9.17, 15) is 14.4 Å². The third-order valence-corrected chi connectivity index (χ3v) is 7.48. The number of likely N-dealkylation sites (tertiary alicyclic amines) is 1. The highest BCUT2D eigenvalue weighted by Crippen LogP contribution is 2.39. The molecule has 1 aliphatic carbocycles. The molecule has 2 aromatic carbocycles. The minimum Gasteiger partial charge on any atom is -0.469 e. The number of hydrogen-bond donors (Lipinski definition) is 1. The molecule has 8 heteroatoms. The number of carbonyl (C=O) groups excluding carboxylic acids is 3. The summed E-state index contributed by atoms with van der Waals surface area (Å²) in [5, 5.41) is 2.94. The van der Waals surface area contributed by atoms with E-state index in [1.54, 1.807) is 11.9 Å². The second kappa shape index (κ2) is 12.7. The molecule has 198 valence electrons. The molecule has 0 unspecified atom stereocenters. The summed E-state index contributed by atoms with van der Waals surface area (Å²) in [6, 6.07) is 17.7. The van der Waals surface area contributed by atoms with Crippen molar-refractivity contribution in [3.8, 4) is 11.1 Å². The fourth-order valence-corrected chi connectivity index (χ4v) is 5.50. The predicted molar refractivity (Wildman–Crippen MR) is 142 cm³/mol. The highest BCUT2D eigenvalue weighted by molar-refractivity contribution is 5.91. The van der Waals surface area contributed by atoms with Crippen molar-refractivity contribution >= 4 is 23.7 Å². The Labute approximate surface area is 218 Å². The van der Waals surface area contributed by atoms with Gasteiger partial charge in [0.15, 0.2) is 0 Å². The molecule has 2 fully saturated rings. The minimum atomic E-state index is -0.411. The van der Waals surface area contributed by atoms with Crippen LogP contribution in [0.2, 0.25) is 0 Å². The van der Waals surface area contributed by atoms with Crippen molar-refractivity contribution in [3.05, 3.63) is 54.6 Å². The van der Waals surface area contributed by atoms with Crippen LogP contribution in [0.1, 0.15) is 32.1 Å². The van der Waals surface area contributed by atoms with E-state index in [1.807, 2.05) is 54.6 Å². The van der Waals surface area contributed by atoms with Gasteiger partial charge in [0.05, 0.1) is 12.8 Å². The fourth-order valence-electron chi connectivity index (χ4n) is 5.50. The molecule has 3 atom stereocenters. The number of ether oxygens (including phenoxy) is 2. The van der Waals surface area contributed by atoms with E-state index in [-0.39, 0.29) is 18.0 Å². The summed E-state index contributed by atoms with van der Waals surface area (Å²) < 4.78 is 10.4. The van der Waals surface area contributed by atoms with Gasteiger partial charge >= 0.3 is 12.1 Å². The molecule has 0 radical (unpaired) electrons. The van der Waals surface area contributed by atoms with Gasteiger partial charge in [-0.15, -0.1) is 0 Å². The average Bonchev–Trinajstić information content (AvgIpc) is 3.45. The Morgan fingerprint density at radius 3 is 2.35 bits per heavy atom. The monoisotopic (exact) mass is 507 g/mol. The summed E-state index contributed by atoms with van der Waals surface area (Å²) in [7, 11) is 3.15. The summed E-state index contributed by atoms with van der Waals surface area (Å²) >= 11 is 0. The molecule has 8 nitrogen and oxygen atoms in total. The van der Waals surface area contributed by atoms with Crippen LogP contribution in [0.15, 0.2) is 54.6 Å². The Morgan fingerprint density at radius 1 is 0.973 bits per heavy atom. The number of fused-ring (bicyclic) bond motifs is 1. The molecule has 1 N–H and O–H groups in total.